The first-order chi connectivity index (χ1) is 12.2. The number of nitrogens with one attached hydrogen (secondary N) is 3. The van der Waals surface area contributed by atoms with Crippen molar-refractivity contribution in [2.24, 2.45) is 0 Å². The SMILES string of the molecule is CNC(=O)c1[nH]nc2c1[C@@H](c1ccc(-n3cncn3)cc1)CC(=O)N2. The summed E-state index contributed by atoms with van der Waals surface area (Å²) in [5.41, 5.74) is 2.85. The van der Waals surface area contributed by atoms with E-state index in [2.05, 4.69) is 30.9 Å². The molecule has 1 aliphatic rings. The van der Waals surface area contributed by atoms with Crippen LogP contribution in [0.1, 0.15) is 34.0 Å². The van der Waals surface area contributed by atoms with Crippen LogP contribution in [-0.2, 0) is 4.79 Å². The van der Waals surface area contributed by atoms with Gasteiger partial charge in [0.1, 0.15) is 18.3 Å². The molecule has 3 aromatic rings. The van der Waals surface area contributed by atoms with Crippen LogP contribution < -0.4 is 10.6 Å². The summed E-state index contributed by atoms with van der Waals surface area (Å²) in [7, 11) is 1.55. The molecular formula is C16H15N7O2. The summed E-state index contributed by atoms with van der Waals surface area (Å²) in [6.45, 7) is 0. The molecule has 3 N–H and O–H groups in total. The van der Waals surface area contributed by atoms with Crippen molar-refractivity contribution >= 4 is 17.6 Å². The molecule has 0 radical (unpaired) electrons. The fourth-order valence-electron chi connectivity index (χ4n) is 3.04. The number of fused-ring (bicyclic) bond motifs is 1. The van der Waals surface area contributed by atoms with Crippen molar-refractivity contribution < 1.29 is 9.59 Å². The Kier molecular flexibility index (Phi) is 3.53. The van der Waals surface area contributed by atoms with Gasteiger partial charge in [-0.1, -0.05) is 12.1 Å². The summed E-state index contributed by atoms with van der Waals surface area (Å²) >= 11 is 0. The molecule has 3 heterocycles. The van der Waals surface area contributed by atoms with Crippen LogP contribution in [0.15, 0.2) is 36.9 Å². The number of carbonyl (C=O) groups excluding carboxylic acids is 2. The normalized spacial score (nSPS) is 16.2. The molecule has 0 saturated carbocycles. The molecule has 2 amide bonds. The highest BCUT2D eigenvalue weighted by molar-refractivity contribution is 6.00. The number of amides is 2. The monoisotopic (exact) mass is 337 g/mol. The minimum Gasteiger partial charge on any atom is -0.354 e. The number of benzene rings is 1. The topological polar surface area (TPSA) is 118 Å². The first-order valence-electron chi connectivity index (χ1n) is 7.72. The Hall–Kier alpha value is -3.49. The van der Waals surface area contributed by atoms with Crippen LogP contribution in [0.25, 0.3) is 5.69 Å². The van der Waals surface area contributed by atoms with Crippen molar-refractivity contribution in [1.82, 2.24) is 30.3 Å². The summed E-state index contributed by atoms with van der Waals surface area (Å²) in [6.07, 6.45) is 3.33. The maximum absolute atomic E-state index is 12.1. The van der Waals surface area contributed by atoms with E-state index >= 15 is 0 Å². The zero-order chi connectivity index (χ0) is 17.4. The van der Waals surface area contributed by atoms with Crippen molar-refractivity contribution in [3.63, 3.8) is 0 Å². The third-order valence-corrected chi connectivity index (χ3v) is 4.23. The number of rotatable bonds is 3. The number of carbonyl (C=O) groups is 2. The van der Waals surface area contributed by atoms with Crippen LogP contribution in [-0.4, -0.2) is 43.8 Å². The lowest BCUT2D eigenvalue weighted by molar-refractivity contribution is -0.116. The van der Waals surface area contributed by atoms with Gasteiger partial charge in [-0.15, -0.1) is 0 Å². The molecule has 1 aliphatic heterocycles. The molecule has 0 unspecified atom stereocenters. The Bertz CT molecular complexity index is 928. The van der Waals surface area contributed by atoms with Gasteiger partial charge in [-0.2, -0.15) is 10.2 Å². The molecule has 2 aromatic heterocycles. The zero-order valence-corrected chi connectivity index (χ0v) is 13.4. The Morgan fingerprint density at radius 1 is 1.32 bits per heavy atom. The first kappa shape index (κ1) is 15.1. The largest absolute Gasteiger partial charge is 0.354 e. The maximum atomic E-state index is 12.1. The van der Waals surface area contributed by atoms with Crippen LogP contribution in [0, 0.1) is 0 Å². The van der Waals surface area contributed by atoms with Crippen molar-refractivity contribution in [3.05, 3.63) is 53.7 Å². The molecule has 0 bridgehead atoms. The predicted molar refractivity (Wildman–Crippen MR) is 88.4 cm³/mol. The summed E-state index contributed by atoms with van der Waals surface area (Å²) in [5, 5.41) is 16.2. The molecular weight excluding hydrogens is 322 g/mol. The van der Waals surface area contributed by atoms with Crippen LogP contribution in [0.5, 0.6) is 0 Å². The second kappa shape index (κ2) is 5.86. The Morgan fingerprint density at radius 3 is 2.80 bits per heavy atom. The van der Waals surface area contributed by atoms with Crippen molar-refractivity contribution in [2.45, 2.75) is 12.3 Å². The summed E-state index contributed by atoms with van der Waals surface area (Å²) in [6, 6.07) is 7.64. The van der Waals surface area contributed by atoms with E-state index in [4.69, 9.17) is 0 Å². The molecule has 0 spiro atoms. The quantitative estimate of drug-likeness (QED) is 0.654. The van der Waals surface area contributed by atoms with Crippen molar-refractivity contribution in [3.8, 4) is 5.69 Å². The van der Waals surface area contributed by atoms with Gasteiger partial charge in [0.05, 0.1) is 5.69 Å². The molecule has 0 fully saturated rings. The minimum absolute atomic E-state index is 0.132. The van der Waals surface area contributed by atoms with Gasteiger partial charge in [0.25, 0.3) is 5.91 Å². The van der Waals surface area contributed by atoms with Gasteiger partial charge in [-0.05, 0) is 17.7 Å². The number of aromatic amines is 1. The molecule has 4 rings (SSSR count). The van der Waals surface area contributed by atoms with E-state index in [1.807, 2.05) is 24.3 Å². The molecule has 1 atom stereocenters. The fraction of sp³-hybridized carbons (Fsp3) is 0.188. The number of nitrogens with zero attached hydrogens (tertiary/aromatic N) is 4. The van der Waals surface area contributed by atoms with E-state index in [9.17, 15) is 9.59 Å². The highest BCUT2D eigenvalue weighted by atomic mass is 16.2. The third kappa shape index (κ3) is 2.55. The summed E-state index contributed by atoms with van der Waals surface area (Å²) < 4.78 is 1.65. The lowest BCUT2D eigenvalue weighted by Crippen LogP contribution is -2.26. The maximum Gasteiger partial charge on any atom is 0.269 e. The van der Waals surface area contributed by atoms with E-state index in [0.29, 0.717) is 17.1 Å². The summed E-state index contributed by atoms with van der Waals surface area (Å²) in [5.74, 6) is -0.248. The lowest BCUT2D eigenvalue weighted by Gasteiger charge is -2.23. The Labute approximate surface area is 142 Å². The number of hydrogen-bond acceptors (Lipinski definition) is 5. The summed E-state index contributed by atoms with van der Waals surface area (Å²) in [4.78, 5) is 28.1. The van der Waals surface area contributed by atoms with E-state index in [-0.39, 0.29) is 24.2 Å². The molecule has 126 valence electrons. The zero-order valence-electron chi connectivity index (χ0n) is 13.4. The molecule has 0 aliphatic carbocycles. The number of H-pyrrole nitrogens is 1. The standard InChI is InChI=1S/C16H15N7O2/c1-17-16(25)14-13-11(6-12(24)20-15(13)22-21-14)9-2-4-10(5-3-9)23-8-18-7-19-23/h2-5,7-8,11H,6H2,1H3,(H,17,25)(H2,20,21,22,24)/t11-/m1/s1. The number of aromatic nitrogens is 5. The van der Waals surface area contributed by atoms with Crippen molar-refractivity contribution in [2.75, 3.05) is 12.4 Å². The molecule has 0 saturated heterocycles. The van der Waals surface area contributed by atoms with E-state index < -0.39 is 0 Å². The predicted octanol–water partition coefficient (Wildman–Crippen LogP) is 0.824. The molecule has 25 heavy (non-hydrogen) atoms. The van der Waals surface area contributed by atoms with Crippen LogP contribution >= 0.6 is 0 Å². The fourth-order valence-corrected chi connectivity index (χ4v) is 3.04. The second-order valence-electron chi connectivity index (χ2n) is 5.68. The molecule has 1 aromatic carbocycles. The van der Waals surface area contributed by atoms with Gasteiger partial charge in [0.15, 0.2) is 5.82 Å². The lowest BCUT2D eigenvalue weighted by atomic mass is 9.85. The van der Waals surface area contributed by atoms with Gasteiger partial charge < -0.3 is 10.6 Å². The average molecular weight is 337 g/mol. The van der Waals surface area contributed by atoms with Crippen LogP contribution in [0.3, 0.4) is 0 Å². The van der Waals surface area contributed by atoms with Crippen LogP contribution in [0.2, 0.25) is 0 Å². The van der Waals surface area contributed by atoms with Crippen molar-refractivity contribution in [1.29, 1.82) is 0 Å². The van der Waals surface area contributed by atoms with E-state index in [1.165, 1.54) is 6.33 Å². The highest BCUT2D eigenvalue weighted by Gasteiger charge is 2.33. The smallest absolute Gasteiger partial charge is 0.269 e. The second-order valence-corrected chi connectivity index (χ2v) is 5.68. The molecule has 9 nitrogen and oxygen atoms in total. The van der Waals surface area contributed by atoms with Gasteiger partial charge in [0.2, 0.25) is 5.91 Å². The van der Waals surface area contributed by atoms with Gasteiger partial charge in [-0.3, -0.25) is 14.7 Å². The Balaban J connectivity index is 1.75. The first-order valence-corrected chi connectivity index (χ1v) is 7.72. The average Bonchev–Trinajstić information content (AvgIpc) is 3.30. The van der Waals surface area contributed by atoms with Gasteiger partial charge in [0, 0.05) is 24.9 Å². The highest BCUT2D eigenvalue weighted by Crippen LogP contribution is 2.38. The van der Waals surface area contributed by atoms with Gasteiger partial charge in [-0.25, -0.2) is 9.67 Å². The minimum atomic E-state index is -0.269. The van der Waals surface area contributed by atoms with E-state index in [0.717, 1.165) is 11.3 Å². The number of anilines is 1. The van der Waals surface area contributed by atoms with Gasteiger partial charge >= 0.3 is 0 Å². The van der Waals surface area contributed by atoms with Crippen LogP contribution in [0.4, 0.5) is 5.82 Å². The molecule has 9 heteroatoms. The number of hydrogen-bond donors (Lipinski definition) is 3. The van der Waals surface area contributed by atoms with E-state index in [1.54, 1.807) is 18.1 Å². The third-order valence-electron chi connectivity index (χ3n) is 4.23. The Morgan fingerprint density at radius 2 is 2.12 bits per heavy atom.